The summed E-state index contributed by atoms with van der Waals surface area (Å²) in [6.07, 6.45) is 17.5. The predicted octanol–water partition coefficient (Wildman–Crippen LogP) is 13.1. The van der Waals surface area contributed by atoms with Gasteiger partial charge < -0.3 is 4.74 Å². The van der Waals surface area contributed by atoms with Crippen LogP contribution < -0.4 is 4.74 Å². The minimum Gasteiger partial charge on any atom is -0.432 e. The molecule has 5 rings (SSSR count). The molecule has 0 saturated heterocycles. The molecule has 3 aliphatic carbocycles. The number of halogens is 6. The van der Waals surface area contributed by atoms with Crippen molar-refractivity contribution in [2.45, 2.75) is 147 Å². The van der Waals surface area contributed by atoms with Crippen LogP contribution in [0.5, 0.6) is 5.75 Å². The van der Waals surface area contributed by atoms with Gasteiger partial charge in [-0.15, -0.1) is 0 Å². The summed E-state index contributed by atoms with van der Waals surface area (Å²) < 4.78 is 89.2. The molecule has 0 aromatic heterocycles. The van der Waals surface area contributed by atoms with Gasteiger partial charge in [0.2, 0.25) is 0 Å². The summed E-state index contributed by atoms with van der Waals surface area (Å²) >= 11 is 0. The summed E-state index contributed by atoms with van der Waals surface area (Å²) in [5, 5.41) is 0. The third kappa shape index (κ3) is 9.94. The first-order valence-corrected chi connectivity index (χ1v) is 18.6. The van der Waals surface area contributed by atoms with Crippen LogP contribution >= 0.6 is 0 Å². The number of alkyl halides is 2. The Hall–Kier alpha value is -2.18. The molecule has 0 unspecified atom stereocenters. The topological polar surface area (TPSA) is 9.23 Å². The monoisotopic (exact) mass is 664 g/mol. The van der Waals surface area contributed by atoms with Crippen molar-refractivity contribution < 1.29 is 31.1 Å². The molecule has 7 heteroatoms. The molecule has 0 N–H and O–H groups in total. The summed E-state index contributed by atoms with van der Waals surface area (Å²) in [5.74, 6) is -3.25. The highest BCUT2D eigenvalue weighted by Gasteiger charge is 2.44. The van der Waals surface area contributed by atoms with Gasteiger partial charge in [-0.05, 0) is 124 Å². The van der Waals surface area contributed by atoms with E-state index < -0.39 is 35.2 Å². The molecule has 0 amide bonds. The van der Waals surface area contributed by atoms with Crippen molar-refractivity contribution in [2.24, 2.45) is 29.6 Å². The number of aryl methyl sites for hydroxylation is 1. The van der Waals surface area contributed by atoms with Crippen molar-refractivity contribution in [1.29, 1.82) is 0 Å². The Balaban J connectivity index is 0.979. The van der Waals surface area contributed by atoms with Crippen LogP contribution in [0.2, 0.25) is 0 Å². The molecule has 3 fully saturated rings. The van der Waals surface area contributed by atoms with Gasteiger partial charge in [0, 0.05) is 12.1 Å². The lowest BCUT2D eigenvalue weighted by Crippen LogP contribution is -2.37. The maximum absolute atomic E-state index is 15.1. The summed E-state index contributed by atoms with van der Waals surface area (Å²) in [4.78, 5) is 0. The third-order valence-electron chi connectivity index (χ3n) is 11.9. The number of hydrogen-bond donors (Lipinski definition) is 0. The predicted molar refractivity (Wildman–Crippen MR) is 176 cm³/mol. The molecular weight excluding hydrogens is 610 g/mol. The maximum Gasteiger partial charge on any atom is 0.400 e. The lowest BCUT2D eigenvalue weighted by Gasteiger charge is -2.38. The number of hydrogen-bond acceptors (Lipinski definition) is 1. The molecular formula is C40H54F6O. The first-order chi connectivity index (χ1) is 22.6. The van der Waals surface area contributed by atoms with Crippen LogP contribution in [0.3, 0.4) is 0 Å². The van der Waals surface area contributed by atoms with Crippen LogP contribution in [-0.4, -0.2) is 6.11 Å². The highest BCUT2D eigenvalue weighted by Crippen LogP contribution is 2.45. The summed E-state index contributed by atoms with van der Waals surface area (Å²) in [5.41, 5.74) is 1.91. The molecule has 0 radical (unpaired) electrons. The zero-order valence-electron chi connectivity index (χ0n) is 28.2. The Labute approximate surface area is 278 Å². The van der Waals surface area contributed by atoms with Gasteiger partial charge in [0.15, 0.2) is 17.5 Å². The van der Waals surface area contributed by atoms with Gasteiger partial charge >= 0.3 is 6.11 Å². The Bertz CT molecular complexity index is 1230. The molecule has 262 valence electrons. The highest BCUT2D eigenvalue weighted by atomic mass is 19.3. The van der Waals surface area contributed by atoms with Crippen molar-refractivity contribution in [3.05, 3.63) is 64.7 Å². The molecule has 0 spiro atoms. The number of rotatable bonds is 14. The quantitative estimate of drug-likeness (QED) is 0.111. The summed E-state index contributed by atoms with van der Waals surface area (Å²) in [6.45, 7) is 2.28. The molecule has 0 bridgehead atoms. The molecule has 2 aromatic rings. The highest BCUT2D eigenvalue weighted by molar-refractivity contribution is 5.28. The van der Waals surface area contributed by atoms with Gasteiger partial charge in [0.1, 0.15) is 11.6 Å². The second kappa shape index (κ2) is 17.0. The van der Waals surface area contributed by atoms with Crippen molar-refractivity contribution >= 4 is 0 Å². The zero-order chi connectivity index (χ0) is 33.4. The van der Waals surface area contributed by atoms with E-state index in [0.717, 1.165) is 48.1 Å². The van der Waals surface area contributed by atoms with Crippen LogP contribution in [0.1, 0.15) is 146 Å². The second-order valence-corrected chi connectivity index (χ2v) is 15.1. The molecule has 3 aliphatic rings. The number of unbranched alkanes of at least 4 members (excludes halogenated alkanes) is 3. The van der Waals surface area contributed by atoms with Gasteiger partial charge in [0.05, 0.1) is 5.92 Å². The van der Waals surface area contributed by atoms with Crippen LogP contribution in [0, 0.1) is 52.9 Å². The molecule has 0 atom stereocenters. The fourth-order valence-electron chi connectivity index (χ4n) is 8.94. The standard InChI is InChI=1S/C40H54F6O/c1-2-3-4-7-27-10-14-29(15-11-27)30-16-18-31(19-17-30)33-21-20-32(36(41)24-33)9-6-5-8-28-12-22-34(23-13-28)40(45,46)47-35-25-37(42)39(44)38(43)26-35/h20-21,24-31,34H,2-19,22-23H2,1H3. The fourth-order valence-corrected chi connectivity index (χ4v) is 8.94. The van der Waals surface area contributed by atoms with E-state index in [4.69, 9.17) is 0 Å². The van der Waals surface area contributed by atoms with Gasteiger partial charge in [-0.1, -0.05) is 70.4 Å². The molecule has 47 heavy (non-hydrogen) atoms. The molecule has 0 heterocycles. The van der Waals surface area contributed by atoms with Crippen molar-refractivity contribution in [2.75, 3.05) is 0 Å². The van der Waals surface area contributed by atoms with Crippen LogP contribution in [0.4, 0.5) is 26.3 Å². The smallest absolute Gasteiger partial charge is 0.400 e. The second-order valence-electron chi connectivity index (χ2n) is 15.1. The molecule has 1 nitrogen and oxygen atoms in total. The lowest BCUT2D eigenvalue weighted by molar-refractivity contribution is -0.223. The normalized spacial score (nSPS) is 27.1. The van der Waals surface area contributed by atoms with E-state index in [-0.39, 0.29) is 18.7 Å². The number of ether oxygens (including phenoxy) is 1. The minimum absolute atomic E-state index is 0.102. The Morgan fingerprint density at radius 1 is 0.638 bits per heavy atom. The van der Waals surface area contributed by atoms with E-state index in [1.54, 1.807) is 6.07 Å². The van der Waals surface area contributed by atoms with Gasteiger partial charge in [-0.25, -0.2) is 17.6 Å². The average molecular weight is 665 g/mol. The van der Waals surface area contributed by atoms with E-state index in [0.29, 0.717) is 43.2 Å². The van der Waals surface area contributed by atoms with E-state index in [9.17, 15) is 22.0 Å². The SMILES string of the molecule is CCCCCC1CCC(C2CCC(c3ccc(CCCCC4CCC(C(F)(F)Oc5cc(F)c(F)c(F)c5)CC4)c(F)c3)CC2)CC1. The van der Waals surface area contributed by atoms with Crippen molar-refractivity contribution in [3.8, 4) is 5.75 Å². The maximum atomic E-state index is 15.1. The largest absolute Gasteiger partial charge is 0.432 e. The third-order valence-corrected chi connectivity index (χ3v) is 11.9. The van der Waals surface area contributed by atoms with Crippen molar-refractivity contribution in [1.82, 2.24) is 0 Å². The molecule has 2 aromatic carbocycles. The van der Waals surface area contributed by atoms with E-state index >= 15 is 4.39 Å². The van der Waals surface area contributed by atoms with Crippen molar-refractivity contribution in [3.63, 3.8) is 0 Å². The van der Waals surface area contributed by atoms with Crippen LogP contribution in [0.15, 0.2) is 30.3 Å². The average Bonchev–Trinajstić information content (AvgIpc) is 3.07. The van der Waals surface area contributed by atoms with Gasteiger partial charge in [0.25, 0.3) is 0 Å². The zero-order valence-corrected chi connectivity index (χ0v) is 28.2. The summed E-state index contributed by atoms with van der Waals surface area (Å²) in [7, 11) is 0. The molecule has 3 saturated carbocycles. The molecule has 0 aliphatic heterocycles. The fraction of sp³-hybridized carbons (Fsp3) is 0.700. The summed E-state index contributed by atoms with van der Waals surface area (Å²) in [6, 6.07) is 6.78. The minimum atomic E-state index is -3.60. The number of benzene rings is 2. The Morgan fingerprint density at radius 2 is 1.19 bits per heavy atom. The Kier molecular flexibility index (Phi) is 13.0. The first kappa shape index (κ1) is 36.1. The van der Waals surface area contributed by atoms with Crippen LogP contribution in [-0.2, 0) is 6.42 Å². The van der Waals surface area contributed by atoms with E-state index in [1.165, 1.54) is 77.0 Å². The van der Waals surface area contributed by atoms with Gasteiger partial charge in [-0.3, -0.25) is 0 Å². The lowest BCUT2D eigenvalue weighted by atomic mass is 9.68. The van der Waals surface area contributed by atoms with Crippen LogP contribution in [0.25, 0.3) is 0 Å². The van der Waals surface area contributed by atoms with Gasteiger partial charge in [-0.2, -0.15) is 8.78 Å². The first-order valence-electron chi connectivity index (χ1n) is 18.6. The van der Waals surface area contributed by atoms with E-state index in [1.807, 2.05) is 6.07 Å². The van der Waals surface area contributed by atoms with E-state index in [2.05, 4.69) is 17.7 Å². The Morgan fingerprint density at radius 3 is 1.77 bits per heavy atom.